The van der Waals surface area contributed by atoms with Crippen LogP contribution in [0.25, 0.3) is 0 Å². The standard InChI is InChI=1S/C11H25N3O4S2/c1-19(15,16)11-20(17,18)14-9-7-13(8-10-14)6-4-2-3-5-12/h2-12H2,1H3. The van der Waals surface area contributed by atoms with Gasteiger partial charge in [0.2, 0.25) is 10.0 Å². The number of hydrogen-bond acceptors (Lipinski definition) is 6. The number of sulfone groups is 1. The zero-order valence-electron chi connectivity index (χ0n) is 12.0. The Labute approximate surface area is 122 Å². The first-order valence-corrected chi connectivity index (χ1v) is 10.5. The van der Waals surface area contributed by atoms with Crippen LogP contribution in [0.2, 0.25) is 0 Å². The van der Waals surface area contributed by atoms with E-state index in [-0.39, 0.29) is 0 Å². The average Bonchev–Trinajstić information content (AvgIpc) is 2.32. The molecule has 1 fully saturated rings. The lowest BCUT2D eigenvalue weighted by Crippen LogP contribution is -2.49. The number of unbranched alkanes of at least 4 members (excludes halogenated alkanes) is 2. The van der Waals surface area contributed by atoms with E-state index in [1.54, 1.807) is 0 Å². The van der Waals surface area contributed by atoms with Crippen molar-refractivity contribution in [1.82, 2.24) is 9.21 Å². The minimum absolute atomic E-state index is 0.370. The maximum Gasteiger partial charge on any atom is 0.228 e. The van der Waals surface area contributed by atoms with Crippen LogP contribution in [0.5, 0.6) is 0 Å². The second-order valence-corrected chi connectivity index (χ2v) is 9.72. The molecular weight excluding hydrogens is 302 g/mol. The summed E-state index contributed by atoms with van der Waals surface area (Å²) in [5.41, 5.74) is 5.43. The fourth-order valence-electron chi connectivity index (χ4n) is 2.23. The zero-order valence-corrected chi connectivity index (χ0v) is 13.6. The Balaban J connectivity index is 2.38. The Bertz CT molecular complexity index is 482. The SMILES string of the molecule is CS(=O)(=O)CS(=O)(=O)N1CCN(CCCCCN)CC1. The molecule has 1 rings (SSSR count). The van der Waals surface area contributed by atoms with E-state index in [1.807, 2.05) is 0 Å². The van der Waals surface area contributed by atoms with Gasteiger partial charge in [-0.2, -0.15) is 4.31 Å². The summed E-state index contributed by atoms with van der Waals surface area (Å²) in [6, 6.07) is 0. The second kappa shape index (κ2) is 7.69. The molecule has 0 spiro atoms. The Kier molecular flexibility index (Phi) is 6.86. The van der Waals surface area contributed by atoms with Crippen LogP contribution >= 0.6 is 0 Å². The number of nitrogens with zero attached hydrogens (tertiary/aromatic N) is 2. The van der Waals surface area contributed by atoms with Crippen LogP contribution in [0.3, 0.4) is 0 Å². The summed E-state index contributed by atoms with van der Waals surface area (Å²) < 4.78 is 47.4. The molecule has 7 nitrogen and oxygen atoms in total. The molecule has 1 aliphatic heterocycles. The molecule has 2 N–H and O–H groups in total. The van der Waals surface area contributed by atoms with Crippen molar-refractivity contribution in [3.63, 3.8) is 0 Å². The predicted molar refractivity (Wildman–Crippen MR) is 79.5 cm³/mol. The third-order valence-electron chi connectivity index (χ3n) is 3.27. The summed E-state index contributed by atoms with van der Waals surface area (Å²) in [5, 5.41) is -0.795. The molecule has 0 amide bonds. The molecule has 0 aromatic rings. The summed E-state index contributed by atoms with van der Waals surface area (Å²) in [6.07, 6.45) is 4.11. The van der Waals surface area contributed by atoms with E-state index >= 15 is 0 Å². The van der Waals surface area contributed by atoms with Crippen LogP contribution in [0.4, 0.5) is 0 Å². The maximum atomic E-state index is 11.9. The van der Waals surface area contributed by atoms with Crippen molar-refractivity contribution in [2.45, 2.75) is 19.3 Å². The Morgan fingerprint density at radius 2 is 1.55 bits per heavy atom. The molecule has 1 aliphatic rings. The lowest BCUT2D eigenvalue weighted by Gasteiger charge is -2.33. The second-order valence-electron chi connectivity index (χ2n) is 5.25. The normalized spacial score (nSPS) is 19.3. The van der Waals surface area contributed by atoms with Crippen LogP contribution in [-0.2, 0) is 19.9 Å². The van der Waals surface area contributed by atoms with E-state index in [2.05, 4.69) is 4.90 Å². The highest BCUT2D eigenvalue weighted by Gasteiger charge is 2.29. The predicted octanol–water partition coefficient (Wildman–Crippen LogP) is -0.935. The van der Waals surface area contributed by atoms with Gasteiger partial charge in [0.1, 0.15) is 0 Å². The smallest absolute Gasteiger partial charge is 0.228 e. The summed E-state index contributed by atoms with van der Waals surface area (Å²) in [5.74, 6) is 0. The molecule has 0 unspecified atom stereocenters. The van der Waals surface area contributed by atoms with Crippen molar-refractivity contribution in [2.75, 3.05) is 50.6 Å². The van der Waals surface area contributed by atoms with E-state index in [0.29, 0.717) is 32.7 Å². The van der Waals surface area contributed by atoms with Gasteiger partial charge in [0, 0.05) is 32.4 Å². The van der Waals surface area contributed by atoms with Gasteiger partial charge in [-0.05, 0) is 25.9 Å². The first kappa shape index (κ1) is 17.8. The van der Waals surface area contributed by atoms with Crippen LogP contribution < -0.4 is 5.73 Å². The number of nitrogens with two attached hydrogens (primary N) is 1. The first-order chi connectivity index (χ1) is 9.24. The lowest BCUT2D eigenvalue weighted by atomic mass is 10.2. The molecule has 0 aliphatic carbocycles. The van der Waals surface area contributed by atoms with E-state index in [9.17, 15) is 16.8 Å². The molecule has 0 saturated carbocycles. The highest BCUT2D eigenvalue weighted by molar-refractivity contribution is 8.06. The van der Waals surface area contributed by atoms with Crippen LogP contribution in [0, 0.1) is 0 Å². The first-order valence-electron chi connectivity index (χ1n) is 6.82. The van der Waals surface area contributed by atoms with Crippen molar-refractivity contribution in [2.24, 2.45) is 5.73 Å². The van der Waals surface area contributed by atoms with Crippen molar-refractivity contribution in [3.8, 4) is 0 Å². The molecule has 0 aromatic carbocycles. The van der Waals surface area contributed by atoms with Crippen molar-refractivity contribution in [3.05, 3.63) is 0 Å². The third-order valence-corrected chi connectivity index (χ3v) is 7.32. The average molecular weight is 327 g/mol. The van der Waals surface area contributed by atoms with Crippen LogP contribution in [0.1, 0.15) is 19.3 Å². The van der Waals surface area contributed by atoms with E-state index in [4.69, 9.17) is 5.73 Å². The molecule has 0 radical (unpaired) electrons. The van der Waals surface area contributed by atoms with Gasteiger partial charge in [-0.1, -0.05) is 6.42 Å². The fraction of sp³-hybridized carbons (Fsp3) is 1.00. The third kappa shape index (κ3) is 6.49. The molecular formula is C11H25N3O4S2. The van der Waals surface area contributed by atoms with Gasteiger partial charge in [0.15, 0.2) is 14.9 Å². The molecule has 0 aromatic heterocycles. The van der Waals surface area contributed by atoms with Crippen molar-refractivity contribution >= 4 is 19.9 Å². The number of rotatable bonds is 8. The monoisotopic (exact) mass is 327 g/mol. The van der Waals surface area contributed by atoms with Gasteiger partial charge < -0.3 is 10.6 Å². The lowest BCUT2D eigenvalue weighted by molar-refractivity contribution is 0.186. The largest absolute Gasteiger partial charge is 0.330 e. The number of sulfonamides is 1. The van der Waals surface area contributed by atoms with Gasteiger partial charge in [-0.3, -0.25) is 0 Å². The molecule has 1 saturated heterocycles. The van der Waals surface area contributed by atoms with Gasteiger partial charge in [0.05, 0.1) is 0 Å². The summed E-state index contributed by atoms with van der Waals surface area (Å²) in [6.45, 7) is 3.71. The van der Waals surface area contributed by atoms with E-state index < -0.39 is 24.9 Å². The highest BCUT2D eigenvalue weighted by atomic mass is 32.3. The Morgan fingerprint density at radius 3 is 2.05 bits per heavy atom. The van der Waals surface area contributed by atoms with Gasteiger partial charge >= 0.3 is 0 Å². The van der Waals surface area contributed by atoms with Crippen molar-refractivity contribution in [1.29, 1.82) is 0 Å². The molecule has 120 valence electrons. The zero-order chi connectivity index (χ0) is 15.2. The minimum atomic E-state index is -3.69. The molecule has 0 atom stereocenters. The Hall–Kier alpha value is -0.220. The number of piperazine rings is 1. The molecule has 20 heavy (non-hydrogen) atoms. The maximum absolute atomic E-state index is 11.9. The van der Waals surface area contributed by atoms with Gasteiger partial charge in [0.25, 0.3) is 0 Å². The topological polar surface area (TPSA) is 101 Å². The summed E-state index contributed by atoms with van der Waals surface area (Å²) in [4.78, 5) is 2.21. The summed E-state index contributed by atoms with van der Waals surface area (Å²) in [7, 11) is -7.21. The van der Waals surface area contributed by atoms with E-state index in [0.717, 1.165) is 32.1 Å². The quantitative estimate of drug-likeness (QED) is 0.578. The molecule has 1 heterocycles. The van der Waals surface area contributed by atoms with Gasteiger partial charge in [-0.15, -0.1) is 0 Å². The molecule has 0 bridgehead atoms. The van der Waals surface area contributed by atoms with E-state index in [1.165, 1.54) is 4.31 Å². The highest BCUT2D eigenvalue weighted by Crippen LogP contribution is 2.10. The minimum Gasteiger partial charge on any atom is -0.330 e. The van der Waals surface area contributed by atoms with Crippen LogP contribution in [-0.4, -0.2) is 76.6 Å². The number of hydrogen-bond donors (Lipinski definition) is 1. The Morgan fingerprint density at radius 1 is 0.950 bits per heavy atom. The molecule has 9 heteroatoms. The van der Waals surface area contributed by atoms with Crippen molar-refractivity contribution < 1.29 is 16.8 Å². The van der Waals surface area contributed by atoms with Crippen LogP contribution in [0.15, 0.2) is 0 Å². The summed E-state index contributed by atoms with van der Waals surface area (Å²) >= 11 is 0. The van der Waals surface area contributed by atoms with Gasteiger partial charge in [-0.25, -0.2) is 16.8 Å². The fourth-order valence-corrected chi connectivity index (χ4v) is 5.71.